The largest absolute Gasteiger partial charge is 0.497 e. The van der Waals surface area contributed by atoms with Gasteiger partial charge in [0.2, 0.25) is 0 Å². The number of methoxy groups -OCH3 is 2. The van der Waals surface area contributed by atoms with Crippen molar-refractivity contribution in [2.24, 2.45) is 4.99 Å². The number of hydrogen-bond acceptors (Lipinski definition) is 5. The molecule has 2 heterocycles. The van der Waals surface area contributed by atoms with Gasteiger partial charge in [0, 0.05) is 62.2 Å². The fourth-order valence-corrected chi connectivity index (χ4v) is 3.68. The molecule has 1 aliphatic rings. The molecule has 158 valence electrons. The van der Waals surface area contributed by atoms with Crippen molar-refractivity contribution in [3.05, 3.63) is 41.3 Å². The van der Waals surface area contributed by atoms with Crippen LogP contribution in [0, 0.1) is 13.8 Å². The maximum absolute atomic E-state index is 5.59. The van der Waals surface area contributed by atoms with Crippen LogP contribution in [-0.4, -0.2) is 46.4 Å². The van der Waals surface area contributed by atoms with Crippen LogP contribution in [0.3, 0.4) is 0 Å². The molecule has 7 heteroatoms. The second-order valence-electron chi connectivity index (χ2n) is 7.34. The van der Waals surface area contributed by atoms with Gasteiger partial charge in [-0.3, -0.25) is 4.99 Å². The van der Waals surface area contributed by atoms with Gasteiger partial charge in [-0.15, -0.1) is 0 Å². The van der Waals surface area contributed by atoms with Gasteiger partial charge >= 0.3 is 0 Å². The molecule has 0 spiro atoms. The Labute approximate surface area is 173 Å². The molecule has 1 saturated heterocycles. The second-order valence-corrected chi connectivity index (χ2v) is 7.34. The molecule has 0 unspecified atom stereocenters. The predicted molar refractivity (Wildman–Crippen MR) is 116 cm³/mol. The molecule has 1 aromatic heterocycles. The number of guanidine groups is 1. The molecule has 2 aromatic rings. The van der Waals surface area contributed by atoms with Crippen molar-refractivity contribution in [3.63, 3.8) is 0 Å². The van der Waals surface area contributed by atoms with Crippen LogP contribution in [0.2, 0.25) is 0 Å². The molecule has 3 rings (SSSR count). The van der Waals surface area contributed by atoms with E-state index in [9.17, 15) is 0 Å². The van der Waals surface area contributed by atoms with E-state index in [-0.39, 0.29) is 0 Å². The Morgan fingerprint density at radius 1 is 1.10 bits per heavy atom. The van der Waals surface area contributed by atoms with E-state index in [1.807, 2.05) is 19.9 Å². The molecule has 1 aromatic carbocycles. The van der Waals surface area contributed by atoms with Crippen molar-refractivity contribution < 1.29 is 13.9 Å². The number of ether oxygens (including phenoxy) is 2. The number of rotatable bonds is 6. The van der Waals surface area contributed by atoms with Gasteiger partial charge in [-0.25, -0.2) is 0 Å². The number of aliphatic imine (C=N–C) groups is 1. The first-order valence-corrected chi connectivity index (χ1v) is 10.0. The number of anilines is 1. The highest BCUT2D eigenvalue weighted by Gasteiger charge is 2.21. The topological polar surface area (TPSA) is 71.3 Å². The van der Waals surface area contributed by atoms with Gasteiger partial charge in [0.15, 0.2) is 5.96 Å². The van der Waals surface area contributed by atoms with E-state index in [2.05, 4.69) is 38.7 Å². The van der Waals surface area contributed by atoms with E-state index < -0.39 is 0 Å². The van der Waals surface area contributed by atoms with E-state index in [1.165, 1.54) is 0 Å². The summed E-state index contributed by atoms with van der Waals surface area (Å²) in [5, 5.41) is 6.94. The third-order valence-corrected chi connectivity index (χ3v) is 5.35. The second kappa shape index (κ2) is 9.58. The van der Waals surface area contributed by atoms with Crippen LogP contribution in [0.15, 0.2) is 33.7 Å². The fraction of sp³-hybridized carbons (Fsp3) is 0.500. The Hall–Kier alpha value is -2.83. The highest BCUT2D eigenvalue weighted by molar-refractivity contribution is 5.80. The summed E-state index contributed by atoms with van der Waals surface area (Å²) in [5.41, 5.74) is 2.29. The zero-order valence-electron chi connectivity index (χ0n) is 18.0. The number of benzene rings is 1. The lowest BCUT2D eigenvalue weighted by Gasteiger charge is -2.34. The summed E-state index contributed by atoms with van der Waals surface area (Å²) in [6.45, 7) is 6.58. The third kappa shape index (κ3) is 5.37. The summed E-state index contributed by atoms with van der Waals surface area (Å²) in [5.74, 6) is 4.34. The van der Waals surface area contributed by atoms with Crippen LogP contribution in [0.1, 0.15) is 29.9 Å². The molecule has 0 atom stereocenters. The van der Waals surface area contributed by atoms with Crippen LogP contribution in [0.4, 0.5) is 5.69 Å². The first-order chi connectivity index (χ1) is 14.0. The van der Waals surface area contributed by atoms with Gasteiger partial charge in [0.25, 0.3) is 0 Å². The number of nitrogens with zero attached hydrogens (tertiary/aromatic N) is 2. The minimum absolute atomic E-state index is 0.386. The monoisotopic (exact) mass is 400 g/mol. The summed E-state index contributed by atoms with van der Waals surface area (Å²) in [7, 11) is 5.17. The van der Waals surface area contributed by atoms with E-state index in [1.54, 1.807) is 21.3 Å². The number of piperidine rings is 1. The zero-order chi connectivity index (χ0) is 20.8. The Bertz CT molecular complexity index is 816. The molecular formula is C22H32N4O3. The molecule has 0 amide bonds. The summed E-state index contributed by atoms with van der Waals surface area (Å²) in [4.78, 5) is 6.75. The van der Waals surface area contributed by atoms with Gasteiger partial charge in [0.1, 0.15) is 23.0 Å². The molecule has 0 saturated carbocycles. The number of hydrogen-bond donors (Lipinski definition) is 2. The van der Waals surface area contributed by atoms with E-state index >= 15 is 0 Å². The molecule has 1 aliphatic heterocycles. The number of furan rings is 1. The Morgan fingerprint density at radius 3 is 2.28 bits per heavy atom. The van der Waals surface area contributed by atoms with Crippen molar-refractivity contribution in [2.45, 2.75) is 39.3 Å². The normalized spacial score (nSPS) is 15.3. The molecule has 29 heavy (non-hydrogen) atoms. The maximum Gasteiger partial charge on any atom is 0.191 e. The van der Waals surface area contributed by atoms with E-state index in [4.69, 9.17) is 13.9 Å². The van der Waals surface area contributed by atoms with Crippen LogP contribution in [0.25, 0.3) is 0 Å². The summed E-state index contributed by atoms with van der Waals surface area (Å²) in [6.07, 6.45) is 2.06. The average Bonchev–Trinajstić information content (AvgIpc) is 3.07. The number of aryl methyl sites for hydroxylation is 2. The van der Waals surface area contributed by atoms with Gasteiger partial charge < -0.3 is 29.4 Å². The molecule has 1 fully saturated rings. The summed E-state index contributed by atoms with van der Waals surface area (Å²) >= 11 is 0. The average molecular weight is 401 g/mol. The lowest BCUT2D eigenvalue weighted by molar-refractivity contribution is 0.393. The maximum atomic E-state index is 5.59. The molecular weight excluding hydrogens is 368 g/mol. The minimum atomic E-state index is 0.386. The van der Waals surface area contributed by atoms with Crippen molar-refractivity contribution >= 4 is 11.6 Å². The first-order valence-electron chi connectivity index (χ1n) is 10.0. The zero-order valence-corrected chi connectivity index (χ0v) is 18.0. The summed E-state index contributed by atoms with van der Waals surface area (Å²) in [6, 6.07) is 8.47. The Balaban J connectivity index is 1.53. The van der Waals surface area contributed by atoms with Gasteiger partial charge in [-0.1, -0.05) is 0 Å². The Morgan fingerprint density at radius 2 is 1.76 bits per heavy atom. The van der Waals surface area contributed by atoms with Crippen molar-refractivity contribution in [1.29, 1.82) is 0 Å². The van der Waals surface area contributed by atoms with Crippen LogP contribution < -0.4 is 25.0 Å². The molecule has 0 bridgehead atoms. The summed E-state index contributed by atoms with van der Waals surface area (Å²) < 4.78 is 16.4. The van der Waals surface area contributed by atoms with Crippen LogP contribution >= 0.6 is 0 Å². The molecule has 0 aliphatic carbocycles. The molecule has 0 radical (unpaired) electrons. The lowest BCUT2D eigenvalue weighted by Crippen LogP contribution is -2.48. The Kier molecular flexibility index (Phi) is 6.90. The quantitative estimate of drug-likeness (QED) is 0.573. The fourth-order valence-electron chi connectivity index (χ4n) is 3.68. The van der Waals surface area contributed by atoms with Gasteiger partial charge in [-0.05, 0) is 32.8 Å². The third-order valence-electron chi connectivity index (χ3n) is 5.35. The molecule has 2 N–H and O–H groups in total. The van der Waals surface area contributed by atoms with E-state index in [0.29, 0.717) is 12.6 Å². The molecule has 7 nitrogen and oxygen atoms in total. The SMILES string of the molecule is CN=C(NCc1cc(C)oc1C)NC1CCN(c2cc(OC)cc(OC)c2)CC1. The minimum Gasteiger partial charge on any atom is -0.497 e. The standard InChI is InChI=1S/C22H32N4O3/c1-15-10-17(16(2)29-15)14-24-22(23-3)25-18-6-8-26(9-7-18)19-11-20(27-4)13-21(12-19)28-5/h10-13,18H,6-9,14H2,1-5H3,(H2,23,24,25). The van der Waals surface area contributed by atoms with Crippen LogP contribution in [-0.2, 0) is 6.54 Å². The van der Waals surface area contributed by atoms with Crippen molar-refractivity contribution in [1.82, 2.24) is 10.6 Å². The smallest absolute Gasteiger partial charge is 0.191 e. The van der Waals surface area contributed by atoms with Crippen molar-refractivity contribution in [3.8, 4) is 11.5 Å². The lowest BCUT2D eigenvalue weighted by atomic mass is 10.0. The highest BCUT2D eigenvalue weighted by atomic mass is 16.5. The van der Waals surface area contributed by atoms with E-state index in [0.717, 1.165) is 66.2 Å². The highest BCUT2D eigenvalue weighted by Crippen LogP contribution is 2.30. The van der Waals surface area contributed by atoms with Crippen molar-refractivity contribution in [2.75, 3.05) is 39.3 Å². The van der Waals surface area contributed by atoms with Gasteiger partial charge in [-0.2, -0.15) is 0 Å². The first kappa shape index (κ1) is 20.9. The number of nitrogens with one attached hydrogen (secondary N) is 2. The predicted octanol–water partition coefficient (Wildman–Crippen LogP) is 3.25. The van der Waals surface area contributed by atoms with Crippen LogP contribution in [0.5, 0.6) is 11.5 Å². The van der Waals surface area contributed by atoms with Gasteiger partial charge in [0.05, 0.1) is 14.2 Å².